The summed E-state index contributed by atoms with van der Waals surface area (Å²) in [6.45, 7) is 1.51. The molecule has 0 fully saturated rings. The van der Waals surface area contributed by atoms with Gasteiger partial charge in [-0.1, -0.05) is 11.6 Å². The van der Waals surface area contributed by atoms with E-state index < -0.39 is 0 Å². The van der Waals surface area contributed by atoms with Crippen LogP contribution in [0.3, 0.4) is 0 Å². The minimum atomic E-state index is -0.190. The van der Waals surface area contributed by atoms with Gasteiger partial charge in [0.25, 0.3) is 5.91 Å². The Labute approximate surface area is 122 Å². The van der Waals surface area contributed by atoms with Crippen LogP contribution in [0.4, 0.5) is 5.69 Å². The lowest BCUT2D eigenvalue weighted by Crippen LogP contribution is -2.25. The maximum atomic E-state index is 11.9. The highest BCUT2D eigenvalue weighted by molar-refractivity contribution is 6.34. The molecule has 1 heterocycles. The average molecular weight is 293 g/mol. The Bertz CT molecular complexity index is 569. The lowest BCUT2D eigenvalue weighted by Gasteiger charge is -2.07. The van der Waals surface area contributed by atoms with Crippen LogP contribution in [-0.2, 0) is 6.54 Å². The van der Waals surface area contributed by atoms with E-state index in [0.29, 0.717) is 22.8 Å². The topological polar surface area (TPSA) is 72.9 Å². The van der Waals surface area contributed by atoms with E-state index in [0.717, 1.165) is 19.4 Å². The fourth-order valence-corrected chi connectivity index (χ4v) is 2.06. The molecule has 0 atom stereocenters. The molecule has 6 heteroatoms. The van der Waals surface area contributed by atoms with Crippen molar-refractivity contribution in [2.45, 2.75) is 19.4 Å². The first-order valence-corrected chi connectivity index (χ1v) is 6.83. The fraction of sp³-hybridized carbons (Fsp3) is 0.286. The van der Waals surface area contributed by atoms with Crippen molar-refractivity contribution < 1.29 is 4.79 Å². The van der Waals surface area contributed by atoms with Crippen LogP contribution >= 0.6 is 11.6 Å². The standard InChI is InChI=1S/C14H17ClN4O/c15-13-4-3-11(16)9-12(13)14(20)18-5-1-2-7-19-8-6-17-10-19/h3-4,6,8-10H,1-2,5,7,16H2,(H,18,20). The molecule has 0 aliphatic rings. The van der Waals surface area contributed by atoms with E-state index in [1.807, 2.05) is 10.8 Å². The summed E-state index contributed by atoms with van der Waals surface area (Å²) in [6.07, 6.45) is 7.32. The van der Waals surface area contributed by atoms with Crippen molar-refractivity contribution >= 4 is 23.2 Å². The number of aromatic nitrogens is 2. The number of hydrogen-bond donors (Lipinski definition) is 2. The van der Waals surface area contributed by atoms with Gasteiger partial charge in [0.05, 0.1) is 16.9 Å². The molecule has 0 spiro atoms. The third-order valence-corrected chi connectivity index (χ3v) is 3.25. The van der Waals surface area contributed by atoms with Gasteiger partial charge in [0.2, 0.25) is 0 Å². The zero-order chi connectivity index (χ0) is 14.4. The molecule has 0 bridgehead atoms. The normalized spacial score (nSPS) is 10.4. The quantitative estimate of drug-likeness (QED) is 0.634. The van der Waals surface area contributed by atoms with Gasteiger partial charge in [0, 0.05) is 31.2 Å². The molecule has 0 unspecified atom stereocenters. The molecule has 106 valence electrons. The zero-order valence-electron chi connectivity index (χ0n) is 11.1. The Hall–Kier alpha value is -2.01. The number of nitrogen functional groups attached to an aromatic ring is 1. The SMILES string of the molecule is Nc1ccc(Cl)c(C(=O)NCCCCn2ccnc2)c1. The summed E-state index contributed by atoms with van der Waals surface area (Å²) >= 11 is 5.97. The summed E-state index contributed by atoms with van der Waals surface area (Å²) in [7, 11) is 0. The van der Waals surface area contributed by atoms with Crippen molar-refractivity contribution in [1.82, 2.24) is 14.9 Å². The van der Waals surface area contributed by atoms with Crippen molar-refractivity contribution in [2.24, 2.45) is 0 Å². The summed E-state index contributed by atoms with van der Waals surface area (Å²) in [5.74, 6) is -0.190. The van der Waals surface area contributed by atoms with Gasteiger partial charge in [-0.3, -0.25) is 4.79 Å². The van der Waals surface area contributed by atoms with Crippen LogP contribution in [0.5, 0.6) is 0 Å². The number of carbonyl (C=O) groups is 1. The number of anilines is 1. The van der Waals surface area contributed by atoms with Gasteiger partial charge in [-0.05, 0) is 31.0 Å². The molecular formula is C14H17ClN4O. The molecule has 1 aromatic heterocycles. The molecule has 0 radical (unpaired) electrons. The highest BCUT2D eigenvalue weighted by Gasteiger charge is 2.09. The second-order valence-electron chi connectivity index (χ2n) is 4.50. The van der Waals surface area contributed by atoms with Crippen LogP contribution in [0.1, 0.15) is 23.2 Å². The summed E-state index contributed by atoms with van der Waals surface area (Å²) < 4.78 is 2.01. The number of unbranched alkanes of at least 4 members (excludes halogenated alkanes) is 1. The summed E-state index contributed by atoms with van der Waals surface area (Å²) in [5.41, 5.74) is 6.59. The van der Waals surface area contributed by atoms with Gasteiger partial charge >= 0.3 is 0 Å². The van der Waals surface area contributed by atoms with E-state index in [2.05, 4.69) is 10.3 Å². The second-order valence-corrected chi connectivity index (χ2v) is 4.91. The van der Waals surface area contributed by atoms with Gasteiger partial charge in [-0.25, -0.2) is 4.98 Å². The molecule has 1 amide bonds. The number of nitrogens with two attached hydrogens (primary N) is 1. The number of benzene rings is 1. The molecule has 0 saturated heterocycles. The largest absolute Gasteiger partial charge is 0.399 e. The molecule has 2 aromatic rings. The number of halogens is 1. The van der Waals surface area contributed by atoms with Gasteiger partial charge in [-0.2, -0.15) is 0 Å². The second kappa shape index (κ2) is 6.96. The first kappa shape index (κ1) is 14.4. The van der Waals surface area contributed by atoms with Crippen LogP contribution in [0, 0.1) is 0 Å². The van der Waals surface area contributed by atoms with Gasteiger partial charge in [-0.15, -0.1) is 0 Å². The lowest BCUT2D eigenvalue weighted by atomic mass is 10.2. The maximum absolute atomic E-state index is 11.9. The van der Waals surface area contributed by atoms with E-state index in [-0.39, 0.29) is 5.91 Å². The third-order valence-electron chi connectivity index (χ3n) is 2.92. The number of carbonyl (C=O) groups excluding carboxylic acids is 1. The maximum Gasteiger partial charge on any atom is 0.252 e. The molecule has 20 heavy (non-hydrogen) atoms. The first-order chi connectivity index (χ1) is 9.66. The summed E-state index contributed by atoms with van der Waals surface area (Å²) in [5, 5.41) is 3.26. The molecule has 0 aliphatic carbocycles. The highest BCUT2D eigenvalue weighted by atomic mass is 35.5. The number of hydrogen-bond acceptors (Lipinski definition) is 3. The van der Waals surface area contributed by atoms with Crippen molar-refractivity contribution in [1.29, 1.82) is 0 Å². The number of rotatable bonds is 6. The van der Waals surface area contributed by atoms with Crippen LogP contribution in [-0.4, -0.2) is 22.0 Å². The predicted octanol–water partition coefficient (Wildman–Crippen LogP) is 2.33. The minimum absolute atomic E-state index is 0.190. The average Bonchev–Trinajstić information content (AvgIpc) is 2.94. The van der Waals surface area contributed by atoms with Crippen LogP contribution < -0.4 is 11.1 Å². The fourth-order valence-electron chi connectivity index (χ4n) is 1.85. The monoisotopic (exact) mass is 292 g/mol. The number of aryl methyl sites for hydroxylation is 1. The molecule has 2 rings (SSSR count). The smallest absolute Gasteiger partial charge is 0.252 e. The van der Waals surface area contributed by atoms with E-state index in [1.54, 1.807) is 30.7 Å². The highest BCUT2D eigenvalue weighted by Crippen LogP contribution is 2.18. The Morgan fingerprint density at radius 3 is 3.00 bits per heavy atom. The Morgan fingerprint density at radius 1 is 1.40 bits per heavy atom. The van der Waals surface area contributed by atoms with E-state index in [1.165, 1.54) is 0 Å². The summed E-state index contributed by atoms with van der Waals surface area (Å²) in [4.78, 5) is 15.9. The zero-order valence-corrected chi connectivity index (χ0v) is 11.8. The lowest BCUT2D eigenvalue weighted by molar-refractivity contribution is 0.0953. The minimum Gasteiger partial charge on any atom is -0.399 e. The van der Waals surface area contributed by atoms with Gasteiger partial charge in [0.1, 0.15) is 0 Å². The number of nitrogens with zero attached hydrogens (tertiary/aromatic N) is 2. The van der Waals surface area contributed by atoms with Crippen molar-refractivity contribution in [2.75, 3.05) is 12.3 Å². The number of nitrogens with one attached hydrogen (secondary N) is 1. The van der Waals surface area contributed by atoms with E-state index in [9.17, 15) is 4.79 Å². The van der Waals surface area contributed by atoms with E-state index in [4.69, 9.17) is 17.3 Å². The Morgan fingerprint density at radius 2 is 2.25 bits per heavy atom. The molecule has 1 aromatic carbocycles. The van der Waals surface area contributed by atoms with Crippen molar-refractivity contribution in [3.8, 4) is 0 Å². The van der Waals surface area contributed by atoms with Gasteiger partial charge in [0.15, 0.2) is 0 Å². The van der Waals surface area contributed by atoms with Crippen LogP contribution in [0.2, 0.25) is 5.02 Å². The molecule has 0 aliphatic heterocycles. The van der Waals surface area contributed by atoms with Crippen LogP contribution in [0.25, 0.3) is 0 Å². The first-order valence-electron chi connectivity index (χ1n) is 6.46. The molecular weight excluding hydrogens is 276 g/mol. The molecule has 3 N–H and O–H groups in total. The predicted molar refractivity (Wildman–Crippen MR) is 79.7 cm³/mol. The third kappa shape index (κ3) is 3.99. The van der Waals surface area contributed by atoms with Gasteiger partial charge < -0.3 is 15.6 Å². The molecule has 5 nitrogen and oxygen atoms in total. The summed E-state index contributed by atoms with van der Waals surface area (Å²) in [6, 6.07) is 4.89. The van der Waals surface area contributed by atoms with Crippen molar-refractivity contribution in [3.63, 3.8) is 0 Å². The molecule has 0 saturated carbocycles. The number of imidazole rings is 1. The van der Waals surface area contributed by atoms with Crippen LogP contribution in [0.15, 0.2) is 36.9 Å². The van der Waals surface area contributed by atoms with E-state index >= 15 is 0 Å². The Balaban J connectivity index is 1.73. The number of amides is 1. The van der Waals surface area contributed by atoms with Crippen molar-refractivity contribution in [3.05, 3.63) is 47.5 Å². The Kier molecular flexibility index (Phi) is 5.01.